The minimum Gasteiger partial charge on any atom is -0.484 e. The van der Waals surface area contributed by atoms with Crippen LogP contribution in [-0.2, 0) is 19.4 Å². The zero-order valence-corrected chi connectivity index (χ0v) is 13.9. The van der Waals surface area contributed by atoms with E-state index in [2.05, 4.69) is 10.6 Å². The molecule has 25 heavy (non-hydrogen) atoms. The zero-order chi connectivity index (χ0) is 17.9. The minimum atomic E-state index is -3.78. The van der Waals surface area contributed by atoms with Crippen LogP contribution in [0.15, 0.2) is 65.6 Å². The molecule has 3 rings (SSSR count). The van der Waals surface area contributed by atoms with E-state index in [0.29, 0.717) is 5.75 Å². The van der Waals surface area contributed by atoms with Gasteiger partial charge in [-0.3, -0.25) is 9.59 Å². The van der Waals surface area contributed by atoms with Gasteiger partial charge in [0.15, 0.2) is 12.0 Å². The summed E-state index contributed by atoms with van der Waals surface area (Å²) in [4.78, 5) is 23.7. The molecular formula is C17H16N2O5S. The average molecular weight is 360 g/mol. The van der Waals surface area contributed by atoms with Crippen LogP contribution in [0.5, 0.6) is 5.75 Å². The Kier molecular flexibility index (Phi) is 4.71. The topological polar surface area (TPSA) is 102 Å². The molecule has 2 aromatic carbocycles. The van der Waals surface area contributed by atoms with Gasteiger partial charge in [0.2, 0.25) is 15.7 Å². The zero-order valence-electron chi connectivity index (χ0n) is 13.1. The molecule has 2 N–H and O–H groups in total. The van der Waals surface area contributed by atoms with Gasteiger partial charge >= 0.3 is 0 Å². The number of sulfone groups is 1. The Morgan fingerprint density at radius 2 is 1.64 bits per heavy atom. The molecule has 0 saturated carbocycles. The Labute approximate surface area is 144 Å². The molecule has 0 unspecified atom stereocenters. The molecule has 0 aliphatic carbocycles. The van der Waals surface area contributed by atoms with E-state index in [-0.39, 0.29) is 11.5 Å². The Balaban J connectivity index is 1.63. The first-order valence-corrected chi connectivity index (χ1v) is 9.09. The van der Waals surface area contributed by atoms with Crippen LogP contribution in [0.4, 0.5) is 0 Å². The Morgan fingerprint density at radius 3 is 2.24 bits per heavy atom. The number of β-lactam (4-membered cyclic amide) rings is 1. The molecule has 0 spiro atoms. The Bertz CT molecular complexity index is 868. The number of amides is 2. The minimum absolute atomic E-state index is 0.0831. The molecule has 2 atom stereocenters. The van der Waals surface area contributed by atoms with Crippen molar-refractivity contribution in [3.05, 3.63) is 60.7 Å². The van der Waals surface area contributed by atoms with Crippen LogP contribution in [0.1, 0.15) is 0 Å². The number of carbonyl (C=O) groups is 2. The molecule has 1 aliphatic rings. The lowest BCUT2D eigenvalue weighted by molar-refractivity contribution is -0.135. The summed E-state index contributed by atoms with van der Waals surface area (Å²) >= 11 is 0. The fourth-order valence-electron chi connectivity index (χ4n) is 2.39. The predicted octanol–water partition coefficient (Wildman–Crippen LogP) is 0.480. The third-order valence-corrected chi connectivity index (χ3v) is 5.69. The third kappa shape index (κ3) is 3.63. The highest BCUT2D eigenvalue weighted by atomic mass is 32.2. The summed E-state index contributed by atoms with van der Waals surface area (Å²) in [6.07, 6.45) is 0. The van der Waals surface area contributed by atoms with Crippen LogP contribution in [0.25, 0.3) is 0 Å². The van der Waals surface area contributed by atoms with Crippen LogP contribution in [0, 0.1) is 0 Å². The van der Waals surface area contributed by atoms with E-state index < -0.39 is 33.1 Å². The summed E-state index contributed by atoms with van der Waals surface area (Å²) in [6.45, 7) is -0.314. The molecule has 7 nitrogen and oxygen atoms in total. The van der Waals surface area contributed by atoms with Crippen molar-refractivity contribution < 1.29 is 22.7 Å². The quantitative estimate of drug-likeness (QED) is 0.730. The van der Waals surface area contributed by atoms with Gasteiger partial charge in [0.25, 0.3) is 5.91 Å². The van der Waals surface area contributed by atoms with Crippen molar-refractivity contribution in [2.75, 3.05) is 6.61 Å². The van der Waals surface area contributed by atoms with Gasteiger partial charge in [0, 0.05) is 0 Å². The van der Waals surface area contributed by atoms with Gasteiger partial charge in [-0.25, -0.2) is 8.42 Å². The van der Waals surface area contributed by atoms with Crippen molar-refractivity contribution in [2.24, 2.45) is 0 Å². The van der Waals surface area contributed by atoms with Gasteiger partial charge < -0.3 is 15.4 Å². The number of para-hydroxylation sites is 1. The molecule has 0 aromatic heterocycles. The summed E-state index contributed by atoms with van der Waals surface area (Å²) in [5.41, 5.74) is 0. The van der Waals surface area contributed by atoms with Gasteiger partial charge in [-0.1, -0.05) is 36.4 Å². The molecule has 0 radical (unpaired) electrons. The molecule has 1 aliphatic heterocycles. The lowest BCUT2D eigenvalue weighted by atomic mass is 10.1. The van der Waals surface area contributed by atoms with Crippen LogP contribution >= 0.6 is 0 Å². The van der Waals surface area contributed by atoms with Gasteiger partial charge in [0.1, 0.15) is 11.8 Å². The molecule has 1 fully saturated rings. The normalized spacial score (nSPS) is 19.4. The Morgan fingerprint density at radius 1 is 1.04 bits per heavy atom. The number of hydrogen-bond donors (Lipinski definition) is 2. The molecule has 130 valence electrons. The smallest absolute Gasteiger partial charge is 0.258 e. The maximum atomic E-state index is 12.5. The summed E-state index contributed by atoms with van der Waals surface area (Å²) < 4.78 is 30.4. The van der Waals surface area contributed by atoms with Crippen molar-refractivity contribution in [2.45, 2.75) is 16.3 Å². The predicted molar refractivity (Wildman–Crippen MR) is 89.4 cm³/mol. The highest BCUT2D eigenvalue weighted by Gasteiger charge is 2.49. The van der Waals surface area contributed by atoms with E-state index in [9.17, 15) is 18.0 Å². The average Bonchev–Trinajstić information content (AvgIpc) is 2.64. The second kappa shape index (κ2) is 6.94. The first-order chi connectivity index (χ1) is 12.0. The van der Waals surface area contributed by atoms with Crippen LogP contribution < -0.4 is 15.4 Å². The number of carbonyl (C=O) groups excluding carboxylic acids is 2. The van der Waals surface area contributed by atoms with Crippen molar-refractivity contribution in [1.29, 1.82) is 0 Å². The number of ether oxygens (including phenoxy) is 1. The van der Waals surface area contributed by atoms with Crippen LogP contribution in [0.2, 0.25) is 0 Å². The first kappa shape index (κ1) is 17.0. The number of hydrogen-bond acceptors (Lipinski definition) is 5. The standard InChI is InChI=1S/C17H16N2O5S/c20-14(11-24-12-7-3-1-4-8-12)18-15-16(21)19-17(15)25(22,23)13-9-5-2-6-10-13/h1-10,15,17H,11H2,(H,18,20)(H,19,21)/t15-,17+/m1/s1. The summed E-state index contributed by atoms with van der Waals surface area (Å²) in [6, 6.07) is 15.3. The van der Waals surface area contributed by atoms with Gasteiger partial charge in [-0.2, -0.15) is 0 Å². The van der Waals surface area contributed by atoms with Crippen molar-refractivity contribution >= 4 is 21.7 Å². The molecule has 0 bridgehead atoms. The number of benzene rings is 2. The second-order valence-electron chi connectivity index (χ2n) is 5.43. The van der Waals surface area contributed by atoms with Crippen molar-refractivity contribution in [3.8, 4) is 5.75 Å². The summed E-state index contributed by atoms with van der Waals surface area (Å²) in [5, 5.41) is 3.54. The monoisotopic (exact) mass is 360 g/mol. The summed E-state index contributed by atoms with van der Waals surface area (Å²) in [7, 11) is -3.78. The fourth-order valence-corrected chi connectivity index (χ4v) is 4.04. The number of nitrogens with one attached hydrogen (secondary N) is 2. The molecule has 8 heteroatoms. The van der Waals surface area contributed by atoms with Crippen LogP contribution in [-0.4, -0.2) is 38.3 Å². The highest BCUT2D eigenvalue weighted by Crippen LogP contribution is 2.21. The van der Waals surface area contributed by atoms with E-state index >= 15 is 0 Å². The lowest BCUT2D eigenvalue weighted by Gasteiger charge is -2.36. The van der Waals surface area contributed by atoms with E-state index in [4.69, 9.17) is 4.74 Å². The first-order valence-electron chi connectivity index (χ1n) is 7.55. The lowest BCUT2D eigenvalue weighted by Crippen LogP contribution is -2.71. The van der Waals surface area contributed by atoms with Gasteiger partial charge in [-0.15, -0.1) is 0 Å². The van der Waals surface area contributed by atoms with E-state index in [1.165, 1.54) is 12.1 Å². The molecule has 1 heterocycles. The molecule has 2 amide bonds. The molecular weight excluding hydrogens is 344 g/mol. The van der Waals surface area contributed by atoms with Gasteiger partial charge in [-0.05, 0) is 24.3 Å². The number of rotatable bonds is 6. The molecule has 1 saturated heterocycles. The maximum absolute atomic E-state index is 12.5. The van der Waals surface area contributed by atoms with Crippen LogP contribution in [0.3, 0.4) is 0 Å². The molecule has 2 aromatic rings. The second-order valence-corrected chi connectivity index (χ2v) is 7.50. The summed E-state index contributed by atoms with van der Waals surface area (Å²) in [5.74, 6) is -0.612. The van der Waals surface area contributed by atoms with Crippen molar-refractivity contribution in [3.63, 3.8) is 0 Å². The van der Waals surface area contributed by atoms with Gasteiger partial charge in [0.05, 0.1) is 4.90 Å². The van der Waals surface area contributed by atoms with E-state index in [1.807, 2.05) is 6.07 Å². The Hall–Kier alpha value is -2.87. The van der Waals surface area contributed by atoms with Crippen molar-refractivity contribution in [1.82, 2.24) is 10.6 Å². The van der Waals surface area contributed by atoms with E-state index in [0.717, 1.165) is 0 Å². The largest absolute Gasteiger partial charge is 0.484 e. The third-order valence-electron chi connectivity index (χ3n) is 3.71. The highest BCUT2D eigenvalue weighted by molar-refractivity contribution is 7.92. The fraction of sp³-hybridized carbons (Fsp3) is 0.176. The SMILES string of the molecule is O=C(COc1ccccc1)N[C@@H]1C(=O)N[C@H]1S(=O)(=O)c1ccccc1. The van der Waals surface area contributed by atoms with E-state index in [1.54, 1.807) is 42.5 Å². The maximum Gasteiger partial charge on any atom is 0.258 e.